The van der Waals surface area contributed by atoms with E-state index in [9.17, 15) is 14.7 Å². The van der Waals surface area contributed by atoms with E-state index in [1.165, 1.54) is 4.57 Å². The Kier molecular flexibility index (Phi) is 5.80. The van der Waals surface area contributed by atoms with Crippen molar-refractivity contribution in [1.29, 1.82) is 0 Å². The SMILES string of the molecule is Cn1c(=O)[nH]c(=O)c2c1nc(N1CCNCC1)n2C[C@@H](O)COc1ccc(Cl)cc1. The Hall–Kier alpha value is -2.82. The number of anilines is 1. The van der Waals surface area contributed by atoms with Crippen LogP contribution in [0.3, 0.4) is 0 Å². The summed E-state index contributed by atoms with van der Waals surface area (Å²) in [4.78, 5) is 33.5. The van der Waals surface area contributed by atoms with E-state index in [-0.39, 0.29) is 24.3 Å². The van der Waals surface area contributed by atoms with E-state index < -0.39 is 17.4 Å². The number of imidazole rings is 1. The molecule has 0 aliphatic carbocycles. The van der Waals surface area contributed by atoms with Crippen LogP contribution < -0.4 is 26.2 Å². The number of nitrogens with zero attached hydrogens (tertiary/aromatic N) is 4. The number of piperazine rings is 1. The molecule has 30 heavy (non-hydrogen) atoms. The predicted molar refractivity (Wildman–Crippen MR) is 114 cm³/mol. The van der Waals surface area contributed by atoms with Crippen LogP contribution in [0.25, 0.3) is 11.2 Å². The highest BCUT2D eigenvalue weighted by molar-refractivity contribution is 6.30. The summed E-state index contributed by atoms with van der Waals surface area (Å²) in [5.74, 6) is 1.13. The Labute approximate surface area is 176 Å². The van der Waals surface area contributed by atoms with E-state index in [2.05, 4.69) is 15.3 Å². The number of fused-ring (bicyclic) bond motifs is 1. The first-order chi connectivity index (χ1) is 14.4. The van der Waals surface area contributed by atoms with Gasteiger partial charge in [0.1, 0.15) is 18.5 Å². The Bertz CT molecular complexity index is 1150. The van der Waals surface area contributed by atoms with Crippen molar-refractivity contribution in [3.8, 4) is 5.75 Å². The molecule has 160 valence electrons. The number of aromatic nitrogens is 4. The molecule has 10 nitrogen and oxygen atoms in total. The van der Waals surface area contributed by atoms with Gasteiger partial charge in [0.15, 0.2) is 11.2 Å². The van der Waals surface area contributed by atoms with Crippen LogP contribution in [0.4, 0.5) is 5.95 Å². The van der Waals surface area contributed by atoms with Gasteiger partial charge in [0, 0.05) is 38.2 Å². The average Bonchev–Trinajstić information content (AvgIpc) is 3.12. The normalized spacial score (nSPS) is 15.5. The smallest absolute Gasteiger partial charge is 0.329 e. The van der Waals surface area contributed by atoms with Crippen LogP contribution in [0.15, 0.2) is 33.9 Å². The van der Waals surface area contributed by atoms with Crippen molar-refractivity contribution in [3.63, 3.8) is 0 Å². The lowest BCUT2D eigenvalue weighted by Crippen LogP contribution is -2.45. The van der Waals surface area contributed by atoms with Gasteiger partial charge >= 0.3 is 5.69 Å². The van der Waals surface area contributed by atoms with E-state index in [0.29, 0.717) is 29.8 Å². The van der Waals surface area contributed by atoms with Gasteiger partial charge in [0.2, 0.25) is 5.95 Å². The van der Waals surface area contributed by atoms with Crippen LogP contribution in [0, 0.1) is 0 Å². The third kappa shape index (κ3) is 4.07. The average molecular weight is 435 g/mol. The number of rotatable bonds is 6. The Morgan fingerprint density at radius 1 is 1.23 bits per heavy atom. The Balaban J connectivity index is 1.65. The van der Waals surface area contributed by atoms with Gasteiger partial charge in [0.25, 0.3) is 5.56 Å². The second-order valence-electron chi connectivity index (χ2n) is 7.17. The van der Waals surface area contributed by atoms with E-state index in [0.717, 1.165) is 13.1 Å². The van der Waals surface area contributed by atoms with Gasteiger partial charge in [-0.15, -0.1) is 0 Å². The van der Waals surface area contributed by atoms with Crippen molar-refractivity contribution in [2.45, 2.75) is 12.6 Å². The van der Waals surface area contributed by atoms with Gasteiger partial charge < -0.3 is 24.6 Å². The molecule has 3 N–H and O–H groups in total. The minimum Gasteiger partial charge on any atom is -0.491 e. The molecule has 3 aromatic rings. The van der Waals surface area contributed by atoms with Crippen LogP contribution in [-0.4, -0.2) is 63.1 Å². The second kappa shape index (κ2) is 8.50. The number of aryl methyl sites for hydroxylation is 1. The van der Waals surface area contributed by atoms with Crippen molar-refractivity contribution < 1.29 is 9.84 Å². The molecule has 1 fully saturated rings. The standard InChI is InChI=1S/C19H23ClN6O4/c1-24-16-15(17(28)23-19(24)29)26(18(22-16)25-8-6-21-7-9-25)10-13(27)11-30-14-4-2-12(20)3-5-14/h2-5,13,21,27H,6-11H2,1H3,(H,23,28,29)/t13-/m1/s1. The fourth-order valence-electron chi connectivity index (χ4n) is 3.49. The van der Waals surface area contributed by atoms with E-state index in [1.807, 2.05) is 4.90 Å². The summed E-state index contributed by atoms with van der Waals surface area (Å²) < 4.78 is 8.60. The summed E-state index contributed by atoms with van der Waals surface area (Å²) in [6, 6.07) is 6.84. The first-order valence-corrected chi connectivity index (χ1v) is 10.0. The molecule has 1 aromatic carbocycles. The van der Waals surface area contributed by atoms with Crippen molar-refractivity contribution >= 4 is 28.7 Å². The molecule has 1 aliphatic rings. The number of hydrogen-bond donors (Lipinski definition) is 3. The summed E-state index contributed by atoms with van der Waals surface area (Å²) in [7, 11) is 1.56. The number of ether oxygens (including phenoxy) is 1. The number of aliphatic hydroxyl groups excluding tert-OH is 1. The zero-order chi connectivity index (χ0) is 21.3. The lowest BCUT2D eigenvalue weighted by molar-refractivity contribution is 0.0936. The zero-order valence-electron chi connectivity index (χ0n) is 16.5. The van der Waals surface area contributed by atoms with E-state index in [4.69, 9.17) is 16.3 Å². The van der Waals surface area contributed by atoms with Crippen LogP contribution in [-0.2, 0) is 13.6 Å². The highest BCUT2D eigenvalue weighted by Crippen LogP contribution is 2.21. The minimum atomic E-state index is -0.906. The number of H-pyrrole nitrogens is 1. The molecule has 1 aliphatic heterocycles. The monoisotopic (exact) mass is 434 g/mol. The maximum atomic E-state index is 12.6. The summed E-state index contributed by atoms with van der Waals surface area (Å²) in [5, 5.41) is 14.5. The molecule has 1 atom stereocenters. The lowest BCUT2D eigenvalue weighted by atomic mass is 10.3. The number of hydrogen-bond acceptors (Lipinski definition) is 7. The first kappa shape index (κ1) is 20.5. The predicted octanol–water partition coefficient (Wildman–Crippen LogP) is -0.0738. The molecule has 4 rings (SSSR count). The van der Waals surface area contributed by atoms with Gasteiger partial charge in [-0.05, 0) is 24.3 Å². The molecule has 1 saturated heterocycles. The van der Waals surface area contributed by atoms with Gasteiger partial charge in [-0.25, -0.2) is 4.79 Å². The summed E-state index contributed by atoms with van der Waals surface area (Å²) in [6.07, 6.45) is -0.906. The molecule has 0 amide bonds. The maximum absolute atomic E-state index is 12.6. The second-order valence-corrected chi connectivity index (χ2v) is 7.61. The molecule has 2 aromatic heterocycles. The number of halogens is 1. The fraction of sp³-hybridized carbons (Fsp3) is 0.421. The maximum Gasteiger partial charge on any atom is 0.329 e. The number of aliphatic hydroxyl groups is 1. The Morgan fingerprint density at radius 2 is 1.93 bits per heavy atom. The molecular formula is C19H23ClN6O4. The summed E-state index contributed by atoms with van der Waals surface area (Å²) in [5.41, 5.74) is -0.539. The third-order valence-electron chi connectivity index (χ3n) is 5.04. The lowest BCUT2D eigenvalue weighted by Gasteiger charge is -2.29. The summed E-state index contributed by atoms with van der Waals surface area (Å²) >= 11 is 5.87. The summed E-state index contributed by atoms with van der Waals surface area (Å²) in [6.45, 7) is 3.07. The molecule has 0 spiro atoms. The topological polar surface area (TPSA) is 117 Å². The molecule has 0 radical (unpaired) electrons. The fourth-order valence-corrected chi connectivity index (χ4v) is 3.61. The van der Waals surface area contributed by atoms with Crippen molar-refractivity contribution in [1.82, 2.24) is 24.4 Å². The van der Waals surface area contributed by atoms with Gasteiger partial charge in [-0.1, -0.05) is 11.6 Å². The van der Waals surface area contributed by atoms with Crippen molar-refractivity contribution in [2.75, 3.05) is 37.7 Å². The van der Waals surface area contributed by atoms with Gasteiger partial charge in [0.05, 0.1) is 6.54 Å². The number of benzene rings is 1. The molecule has 3 heterocycles. The highest BCUT2D eigenvalue weighted by Gasteiger charge is 2.24. The first-order valence-electron chi connectivity index (χ1n) is 9.65. The number of nitrogens with one attached hydrogen (secondary N) is 2. The molecule has 0 bridgehead atoms. The quantitative estimate of drug-likeness (QED) is 0.497. The van der Waals surface area contributed by atoms with Crippen LogP contribution in [0.1, 0.15) is 0 Å². The third-order valence-corrected chi connectivity index (χ3v) is 5.29. The van der Waals surface area contributed by atoms with Crippen LogP contribution in [0.5, 0.6) is 5.75 Å². The van der Waals surface area contributed by atoms with Crippen molar-refractivity contribution in [3.05, 3.63) is 50.1 Å². The van der Waals surface area contributed by atoms with Gasteiger partial charge in [-0.3, -0.25) is 14.3 Å². The van der Waals surface area contributed by atoms with E-state index >= 15 is 0 Å². The largest absolute Gasteiger partial charge is 0.491 e. The van der Waals surface area contributed by atoms with Crippen LogP contribution >= 0.6 is 11.6 Å². The van der Waals surface area contributed by atoms with Gasteiger partial charge in [-0.2, -0.15) is 4.98 Å². The molecule has 11 heteroatoms. The highest BCUT2D eigenvalue weighted by atomic mass is 35.5. The molecule has 0 unspecified atom stereocenters. The molecule has 0 saturated carbocycles. The Morgan fingerprint density at radius 3 is 2.63 bits per heavy atom. The van der Waals surface area contributed by atoms with E-state index in [1.54, 1.807) is 35.9 Å². The zero-order valence-corrected chi connectivity index (χ0v) is 17.2. The molecular weight excluding hydrogens is 412 g/mol. The minimum absolute atomic E-state index is 0.0198. The number of aromatic amines is 1. The van der Waals surface area contributed by atoms with Crippen molar-refractivity contribution in [2.24, 2.45) is 7.05 Å². The van der Waals surface area contributed by atoms with Crippen LogP contribution in [0.2, 0.25) is 5.02 Å².